The highest BCUT2D eigenvalue weighted by molar-refractivity contribution is 6.30. The van der Waals surface area contributed by atoms with Crippen LogP contribution in [0, 0.1) is 0 Å². The average Bonchev–Trinajstić information content (AvgIpc) is 3.15. The largest absolute Gasteiger partial charge is 0.395 e. The minimum atomic E-state index is 0.181. The van der Waals surface area contributed by atoms with Crippen LogP contribution in [0.25, 0.3) is 0 Å². The molecule has 1 aliphatic rings. The second-order valence-electron chi connectivity index (χ2n) is 4.50. The lowest BCUT2D eigenvalue weighted by molar-refractivity contribution is 0.145. The van der Waals surface area contributed by atoms with Gasteiger partial charge in [0, 0.05) is 30.2 Å². The number of rotatable bonds is 6. The fraction of sp³-hybridized carbons (Fsp3) is 0.538. The van der Waals surface area contributed by atoms with Crippen molar-refractivity contribution in [2.45, 2.75) is 24.9 Å². The third kappa shape index (κ3) is 3.19. The van der Waals surface area contributed by atoms with Gasteiger partial charge in [0.15, 0.2) is 0 Å². The molecule has 4 heteroatoms. The first-order chi connectivity index (χ1) is 8.26. The fourth-order valence-electron chi connectivity index (χ4n) is 2.26. The van der Waals surface area contributed by atoms with Crippen molar-refractivity contribution in [2.75, 3.05) is 19.7 Å². The van der Waals surface area contributed by atoms with Gasteiger partial charge in [-0.1, -0.05) is 23.7 Å². The van der Waals surface area contributed by atoms with E-state index in [1.54, 1.807) is 0 Å². The molecule has 1 atom stereocenters. The van der Waals surface area contributed by atoms with E-state index in [9.17, 15) is 0 Å². The molecule has 1 fully saturated rings. The topological polar surface area (TPSA) is 49.5 Å². The van der Waals surface area contributed by atoms with Crippen LogP contribution in [0.3, 0.4) is 0 Å². The lowest BCUT2D eigenvalue weighted by Crippen LogP contribution is -2.37. The number of nitrogens with two attached hydrogens (primary N) is 1. The number of benzene rings is 1. The number of halogens is 1. The highest BCUT2D eigenvalue weighted by atomic mass is 35.5. The van der Waals surface area contributed by atoms with E-state index in [1.807, 2.05) is 24.3 Å². The number of hydrogen-bond donors (Lipinski definition) is 2. The lowest BCUT2D eigenvalue weighted by Gasteiger charge is -2.30. The van der Waals surface area contributed by atoms with Gasteiger partial charge in [-0.3, -0.25) is 4.90 Å². The molecule has 0 bridgehead atoms. The molecule has 0 radical (unpaired) electrons. The van der Waals surface area contributed by atoms with Crippen LogP contribution < -0.4 is 5.73 Å². The van der Waals surface area contributed by atoms with Crippen LogP contribution in [0.5, 0.6) is 0 Å². The van der Waals surface area contributed by atoms with Gasteiger partial charge in [-0.25, -0.2) is 0 Å². The first-order valence-electron chi connectivity index (χ1n) is 6.08. The number of aliphatic hydroxyl groups is 1. The van der Waals surface area contributed by atoms with Crippen LogP contribution in [-0.2, 0) is 0 Å². The maximum absolute atomic E-state index is 9.15. The van der Waals surface area contributed by atoms with Crippen molar-refractivity contribution in [1.82, 2.24) is 4.90 Å². The summed E-state index contributed by atoms with van der Waals surface area (Å²) in [6.45, 7) is 1.44. The molecule has 17 heavy (non-hydrogen) atoms. The van der Waals surface area contributed by atoms with Gasteiger partial charge in [-0.15, -0.1) is 0 Å². The Bertz CT molecular complexity index is 351. The smallest absolute Gasteiger partial charge is 0.0558 e. The second-order valence-corrected chi connectivity index (χ2v) is 4.93. The molecule has 0 amide bonds. The van der Waals surface area contributed by atoms with Gasteiger partial charge < -0.3 is 10.8 Å². The molecule has 0 spiro atoms. The van der Waals surface area contributed by atoms with Gasteiger partial charge in [-0.05, 0) is 30.5 Å². The molecule has 1 aliphatic carbocycles. The highest BCUT2D eigenvalue weighted by Crippen LogP contribution is 2.33. The Morgan fingerprint density at radius 2 is 2.00 bits per heavy atom. The van der Waals surface area contributed by atoms with Gasteiger partial charge in [0.05, 0.1) is 6.61 Å². The Morgan fingerprint density at radius 3 is 2.47 bits per heavy atom. The SMILES string of the molecule is NCC(c1ccc(Cl)cc1)N(CCO)C1CC1. The Hall–Kier alpha value is -0.610. The van der Waals surface area contributed by atoms with Crippen LogP contribution in [-0.4, -0.2) is 35.7 Å². The lowest BCUT2D eigenvalue weighted by atomic mass is 10.1. The quantitative estimate of drug-likeness (QED) is 0.814. The standard InChI is InChI=1S/C13H19ClN2O/c14-11-3-1-10(2-4-11)13(9-15)16(7-8-17)12-5-6-12/h1-4,12-13,17H,5-9,15H2. The maximum atomic E-state index is 9.15. The molecule has 0 heterocycles. The summed E-state index contributed by atoms with van der Waals surface area (Å²) in [5.74, 6) is 0. The summed E-state index contributed by atoms with van der Waals surface area (Å²) >= 11 is 5.89. The van der Waals surface area contributed by atoms with Gasteiger partial charge in [0.2, 0.25) is 0 Å². The molecule has 0 aromatic heterocycles. The van der Waals surface area contributed by atoms with Crippen LogP contribution in [0.15, 0.2) is 24.3 Å². The van der Waals surface area contributed by atoms with Crippen molar-refractivity contribution in [3.63, 3.8) is 0 Å². The van der Waals surface area contributed by atoms with E-state index in [1.165, 1.54) is 18.4 Å². The molecule has 1 aromatic rings. The Balaban J connectivity index is 2.15. The summed E-state index contributed by atoms with van der Waals surface area (Å²) in [4.78, 5) is 2.31. The summed E-state index contributed by atoms with van der Waals surface area (Å²) in [7, 11) is 0. The molecule has 1 aromatic carbocycles. The van der Waals surface area contributed by atoms with Crippen molar-refractivity contribution in [2.24, 2.45) is 5.73 Å². The van der Waals surface area contributed by atoms with Crippen molar-refractivity contribution in [3.8, 4) is 0 Å². The predicted molar refractivity (Wildman–Crippen MR) is 70.1 cm³/mol. The van der Waals surface area contributed by atoms with E-state index in [0.717, 1.165) is 5.02 Å². The average molecular weight is 255 g/mol. The summed E-state index contributed by atoms with van der Waals surface area (Å²) < 4.78 is 0. The van der Waals surface area contributed by atoms with Gasteiger partial charge in [0.25, 0.3) is 0 Å². The van der Waals surface area contributed by atoms with Crippen LogP contribution in [0.4, 0.5) is 0 Å². The summed E-state index contributed by atoms with van der Waals surface area (Å²) in [5.41, 5.74) is 7.06. The molecular formula is C13H19ClN2O. The van der Waals surface area contributed by atoms with Crippen LogP contribution in [0.1, 0.15) is 24.4 Å². The Kier molecular flexibility index (Phi) is 4.40. The van der Waals surface area contributed by atoms with Gasteiger partial charge in [-0.2, -0.15) is 0 Å². The molecule has 1 unspecified atom stereocenters. The number of hydrogen-bond acceptors (Lipinski definition) is 3. The molecule has 0 aliphatic heterocycles. The third-order valence-corrected chi connectivity index (χ3v) is 3.50. The first-order valence-corrected chi connectivity index (χ1v) is 6.46. The zero-order chi connectivity index (χ0) is 12.3. The van der Waals surface area contributed by atoms with E-state index in [2.05, 4.69) is 4.90 Å². The van der Waals surface area contributed by atoms with Crippen LogP contribution in [0.2, 0.25) is 5.02 Å². The number of nitrogens with zero attached hydrogens (tertiary/aromatic N) is 1. The van der Waals surface area contributed by atoms with E-state index in [-0.39, 0.29) is 12.6 Å². The van der Waals surface area contributed by atoms with Gasteiger partial charge in [0.1, 0.15) is 0 Å². The third-order valence-electron chi connectivity index (χ3n) is 3.25. The van der Waals surface area contributed by atoms with Crippen LogP contribution >= 0.6 is 11.6 Å². The Morgan fingerprint density at radius 1 is 1.35 bits per heavy atom. The maximum Gasteiger partial charge on any atom is 0.0558 e. The minimum Gasteiger partial charge on any atom is -0.395 e. The second kappa shape index (κ2) is 5.83. The van der Waals surface area contributed by atoms with E-state index >= 15 is 0 Å². The normalized spacial score (nSPS) is 17.4. The van der Waals surface area contributed by atoms with Crippen molar-refractivity contribution < 1.29 is 5.11 Å². The molecular weight excluding hydrogens is 236 g/mol. The van der Waals surface area contributed by atoms with E-state index in [4.69, 9.17) is 22.4 Å². The molecule has 94 valence electrons. The monoisotopic (exact) mass is 254 g/mol. The predicted octanol–water partition coefficient (Wildman–Crippen LogP) is 1.80. The molecule has 3 N–H and O–H groups in total. The van der Waals surface area contributed by atoms with Crippen molar-refractivity contribution >= 4 is 11.6 Å². The van der Waals surface area contributed by atoms with Gasteiger partial charge >= 0.3 is 0 Å². The first kappa shape index (κ1) is 12.8. The zero-order valence-corrected chi connectivity index (χ0v) is 10.6. The summed E-state index contributed by atoms with van der Waals surface area (Å²) in [6, 6.07) is 8.60. The van der Waals surface area contributed by atoms with Crippen molar-refractivity contribution in [3.05, 3.63) is 34.9 Å². The molecule has 2 rings (SSSR count). The minimum absolute atomic E-state index is 0.181. The number of aliphatic hydroxyl groups excluding tert-OH is 1. The fourth-order valence-corrected chi connectivity index (χ4v) is 2.39. The molecule has 0 saturated heterocycles. The Labute approximate surface area is 107 Å². The molecule has 1 saturated carbocycles. The summed E-state index contributed by atoms with van der Waals surface area (Å²) in [6.07, 6.45) is 2.42. The van der Waals surface area contributed by atoms with E-state index in [0.29, 0.717) is 19.1 Å². The highest BCUT2D eigenvalue weighted by Gasteiger charge is 2.33. The zero-order valence-electron chi connectivity index (χ0n) is 9.85. The molecule has 3 nitrogen and oxygen atoms in total. The van der Waals surface area contributed by atoms with E-state index < -0.39 is 0 Å². The summed E-state index contributed by atoms with van der Waals surface area (Å²) in [5, 5.41) is 9.89. The van der Waals surface area contributed by atoms with Crippen molar-refractivity contribution in [1.29, 1.82) is 0 Å².